The van der Waals surface area contributed by atoms with Crippen molar-refractivity contribution < 1.29 is 4.79 Å². The minimum absolute atomic E-state index is 0.0362. The van der Waals surface area contributed by atoms with Crippen molar-refractivity contribution in [1.82, 2.24) is 9.88 Å². The number of nitrogens with one attached hydrogen (secondary N) is 2. The van der Waals surface area contributed by atoms with Crippen molar-refractivity contribution in [1.29, 1.82) is 0 Å². The molecular weight excluding hydrogens is 242 g/mol. The zero-order valence-corrected chi connectivity index (χ0v) is 11.6. The van der Waals surface area contributed by atoms with Crippen molar-refractivity contribution >= 4 is 17.4 Å². The topological polar surface area (TPSA) is 83.3 Å². The lowest BCUT2D eigenvalue weighted by Gasteiger charge is -2.18. The van der Waals surface area contributed by atoms with E-state index >= 15 is 0 Å². The van der Waals surface area contributed by atoms with Crippen molar-refractivity contribution in [3.05, 3.63) is 18.3 Å². The van der Waals surface area contributed by atoms with Crippen LogP contribution >= 0.6 is 0 Å². The van der Waals surface area contributed by atoms with Gasteiger partial charge in [0, 0.05) is 13.1 Å². The Bertz CT molecular complexity index is 375. The molecule has 4 N–H and O–H groups in total. The number of carbonyl (C=O) groups is 1. The molecule has 19 heavy (non-hydrogen) atoms. The highest BCUT2D eigenvalue weighted by Gasteiger charge is 2.01. The van der Waals surface area contributed by atoms with Crippen LogP contribution in [0.4, 0.5) is 11.5 Å². The zero-order chi connectivity index (χ0) is 14.1. The third-order valence-corrected chi connectivity index (χ3v) is 2.87. The molecule has 0 saturated carbocycles. The van der Waals surface area contributed by atoms with Gasteiger partial charge in [0.15, 0.2) is 0 Å². The van der Waals surface area contributed by atoms with Crippen LogP contribution in [0.1, 0.15) is 13.8 Å². The highest BCUT2D eigenvalue weighted by Crippen LogP contribution is 2.09. The number of rotatable bonds is 8. The van der Waals surface area contributed by atoms with Gasteiger partial charge in [0.05, 0.1) is 18.4 Å². The molecule has 0 atom stereocenters. The molecule has 0 aliphatic carbocycles. The molecule has 0 radical (unpaired) electrons. The van der Waals surface area contributed by atoms with E-state index in [0.29, 0.717) is 5.82 Å². The van der Waals surface area contributed by atoms with E-state index in [0.717, 1.165) is 31.9 Å². The SMILES string of the molecule is CCN(CC)CCNc1ccc(NC(=O)CN)nc1. The number of hydrogen-bond acceptors (Lipinski definition) is 5. The second kappa shape index (κ2) is 8.44. The molecule has 0 aliphatic rings. The Morgan fingerprint density at radius 2 is 2.11 bits per heavy atom. The van der Waals surface area contributed by atoms with E-state index in [4.69, 9.17) is 5.73 Å². The Kier molecular flexibility index (Phi) is 6.84. The predicted octanol–water partition coefficient (Wildman–Crippen LogP) is 0.733. The molecule has 1 heterocycles. The first-order valence-corrected chi connectivity index (χ1v) is 6.61. The van der Waals surface area contributed by atoms with E-state index in [1.54, 1.807) is 12.3 Å². The van der Waals surface area contributed by atoms with Gasteiger partial charge in [0.2, 0.25) is 5.91 Å². The Morgan fingerprint density at radius 3 is 2.63 bits per heavy atom. The van der Waals surface area contributed by atoms with Crippen LogP contribution in [0.5, 0.6) is 0 Å². The molecule has 0 aliphatic heterocycles. The minimum atomic E-state index is -0.241. The number of aromatic nitrogens is 1. The van der Waals surface area contributed by atoms with Gasteiger partial charge in [0.1, 0.15) is 5.82 Å². The maximum Gasteiger partial charge on any atom is 0.239 e. The molecule has 0 aromatic carbocycles. The number of carbonyl (C=O) groups excluding carboxylic acids is 1. The van der Waals surface area contributed by atoms with Crippen molar-refractivity contribution in [2.24, 2.45) is 5.73 Å². The summed E-state index contributed by atoms with van der Waals surface area (Å²) < 4.78 is 0. The summed E-state index contributed by atoms with van der Waals surface area (Å²) in [6.45, 7) is 8.25. The molecule has 0 spiro atoms. The molecule has 6 nitrogen and oxygen atoms in total. The van der Waals surface area contributed by atoms with E-state index in [1.165, 1.54) is 0 Å². The van der Waals surface area contributed by atoms with Gasteiger partial charge in [0.25, 0.3) is 0 Å². The molecule has 1 aromatic heterocycles. The number of nitrogens with zero attached hydrogens (tertiary/aromatic N) is 2. The number of nitrogens with two attached hydrogens (primary N) is 1. The van der Waals surface area contributed by atoms with Crippen LogP contribution in [0.25, 0.3) is 0 Å². The summed E-state index contributed by atoms with van der Waals surface area (Å²) in [6.07, 6.45) is 1.70. The fraction of sp³-hybridized carbons (Fsp3) is 0.538. The Labute approximate surface area is 114 Å². The first-order valence-electron chi connectivity index (χ1n) is 6.61. The molecule has 1 rings (SSSR count). The highest BCUT2D eigenvalue weighted by atomic mass is 16.1. The molecule has 1 aromatic rings. The van der Waals surface area contributed by atoms with E-state index in [-0.39, 0.29) is 12.5 Å². The summed E-state index contributed by atoms with van der Waals surface area (Å²) in [7, 11) is 0. The Balaban J connectivity index is 2.37. The van der Waals surface area contributed by atoms with Crippen LogP contribution in [0.3, 0.4) is 0 Å². The van der Waals surface area contributed by atoms with E-state index < -0.39 is 0 Å². The molecular formula is C13H23N5O. The summed E-state index contributed by atoms with van der Waals surface area (Å²) in [4.78, 5) is 17.6. The van der Waals surface area contributed by atoms with E-state index in [9.17, 15) is 4.79 Å². The second-order valence-corrected chi connectivity index (χ2v) is 4.14. The molecule has 6 heteroatoms. The van der Waals surface area contributed by atoms with Crippen LogP contribution < -0.4 is 16.4 Å². The number of amides is 1. The predicted molar refractivity (Wildman–Crippen MR) is 78.2 cm³/mol. The Hall–Kier alpha value is -1.66. The first kappa shape index (κ1) is 15.4. The van der Waals surface area contributed by atoms with Crippen molar-refractivity contribution in [3.8, 4) is 0 Å². The third-order valence-electron chi connectivity index (χ3n) is 2.87. The number of pyridine rings is 1. The standard InChI is InChI=1S/C13H23N5O/c1-3-18(4-2)8-7-15-11-5-6-12(16-10-11)17-13(19)9-14/h5-6,10,15H,3-4,7-9,14H2,1-2H3,(H,16,17,19). The zero-order valence-electron chi connectivity index (χ0n) is 11.6. The third kappa shape index (κ3) is 5.67. The average Bonchev–Trinajstić information content (AvgIpc) is 2.45. The first-order chi connectivity index (χ1) is 9.19. The minimum Gasteiger partial charge on any atom is -0.383 e. The van der Waals surface area contributed by atoms with Gasteiger partial charge in [-0.25, -0.2) is 4.98 Å². The van der Waals surface area contributed by atoms with Crippen LogP contribution in [0.2, 0.25) is 0 Å². The second-order valence-electron chi connectivity index (χ2n) is 4.14. The number of anilines is 2. The average molecular weight is 265 g/mol. The van der Waals surface area contributed by atoms with Gasteiger partial charge in [-0.15, -0.1) is 0 Å². The van der Waals surface area contributed by atoms with E-state index in [2.05, 4.69) is 34.4 Å². The van der Waals surface area contributed by atoms with Crippen LogP contribution in [-0.4, -0.2) is 48.5 Å². The molecule has 1 amide bonds. The van der Waals surface area contributed by atoms with Gasteiger partial charge in [-0.2, -0.15) is 0 Å². The lowest BCUT2D eigenvalue weighted by atomic mass is 10.4. The summed E-state index contributed by atoms with van der Waals surface area (Å²) in [5, 5.41) is 5.90. The molecule has 0 bridgehead atoms. The molecule has 0 unspecified atom stereocenters. The lowest BCUT2D eigenvalue weighted by Crippen LogP contribution is -2.28. The van der Waals surface area contributed by atoms with Crippen molar-refractivity contribution in [2.75, 3.05) is 43.4 Å². The van der Waals surface area contributed by atoms with Gasteiger partial charge in [-0.05, 0) is 25.2 Å². The van der Waals surface area contributed by atoms with Crippen LogP contribution in [0.15, 0.2) is 18.3 Å². The normalized spacial score (nSPS) is 10.5. The van der Waals surface area contributed by atoms with E-state index in [1.807, 2.05) is 6.07 Å². The van der Waals surface area contributed by atoms with Gasteiger partial charge in [-0.1, -0.05) is 13.8 Å². The molecule has 0 saturated heterocycles. The summed E-state index contributed by atoms with van der Waals surface area (Å²) in [5.41, 5.74) is 6.16. The maximum atomic E-state index is 11.1. The molecule has 106 valence electrons. The number of hydrogen-bond donors (Lipinski definition) is 3. The maximum absolute atomic E-state index is 11.1. The van der Waals surface area contributed by atoms with Gasteiger partial charge in [-0.3, -0.25) is 4.79 Å². The van der Waals surface area contributed by atoms with Crippen molar-refractivity contribution in [2.45, 2.75) is 13.8 Å². The van der Waals surface area contributed by atoms with Crippen LogP contribution in [-0.2, 0) is 4.79 Å². The summed E-state index contributed by atoms with van der Waals surface area (Å²) in [5.74, 6) is 0.277. The largest absolute Gasteiger partial charge is 0.383 e. The monoisotopic (exact) mass is 265 g/mol. The smallest absolute Gasteiger partial charge is 0.239 e. The lowest BCUT2D eigenvalue weighted by molar-refractivity contribution is -0.114. The van der Waals surface area contributed by atoms with Crippen LogP contribution in [0, 0.1) is 0 Å². The Morgan fingerprint density at radius 1 is 1.37 bits per heavy atom. The fourth-order valence-corrected chi connectivity index (χ4v) is 1.66. The summed E-state index contributed by atoms with van der Waals surface area (Å²) >= 11 is 0. The number of likely N-dealkylation sites (N-methyl/N-ethyl adjacent to an activating group) is 1. The van der Waals surface area contributed by atoms with Crippen molar-refractivity contribution in [3.63, 3.8) is 0 Å². The van der Waals surface area contributed by atoms with Gasteiger partial charge >= 0.3 is 0 Å². The van der Waals surface area contributed by atoms with Gasteiger partial charge < -0.3 is 21.3 Å². The quantitative estimate of drug-likeness (QED) is 0.645. The summed E-state index contributed by atoms with van der Waals surface area (Å²) in [6, 6.07) is 3.65. The highest BCUT2D eigenvalue weighted by molar-refractivity contribution is 5.91. The molecule has 0 fully saturated rings. The fourth-order valence-electron chi connectivity index (χ4n) is 1.66.